The monoisotopic (exact) mass is 456 g/mol. The van der Waals surface area contributed by atoms with Gasteiger partial charge in [0, 0.05) is 30.2 Å². The third-order valence-electron chi connectivity index (χ3n) is 3.35. The molecule has 140 valence electrons. The number of methoxy groups -OCH3 is 1. The third kappa shape index (κ3) is 4.67. The molecule has 3 heterocycles. The smallest absolute Gasteiger partial charge is 0.447 e. The molecule has 0 bridgehead atoms. The van der Waals surface area contributed by atoms with Gasteiger partial charge in [-0.25, -0.2) is 4.98 Å². The number of hydrogen-bond donors (Lipinski definition) is 1. The summed E-state index contributed by atoms with van der Waals surface area (Å²) in [5.74, 6) is 6.10. The molecule has 0 aliphatic carbocycles. The summed E-state index contributed by atoms with van der Waals surface area (Å²) in [6.45, 7) is 0.188. The minimum atomic E-state index is -4.45. The van der Waals surface area contributed by atoms with Crippen molar-refractivity contribution in [2.45, 2.75) is 10.5 Å². The number of halogens is 4. The van der Waals surface area contributed by atoms with Crippen LogP contribution >= 0.6 is 27.7 Å². The summed E-state index contributed by atoms with van der Waals surface area (Å²) in [6.07, 6.45) is 4.68. The van der Waals surface area contributed by atoms with Crippen LogP contribution in [-0.4, -0.2) is 33.5 Å². The number of nitrogens with zero attached hydrogens (tertiary/aromatic N) is 3. The van der Waals surface area contributed by atoms with E-state index in [4.69, 9.17) is 4.74 Å². The maximum atomic E-state index is 12.9. The van der Waals surface area contributed by atoms with Gasteiger partial charge in [-0.05, 0) is 34.0 Å². The minimum Gasteiger partial charge on any atom is -0.494 e. The Morgan fingerprint density at radius 3 is 2.93 bits per heavy atom. The highest BCUT2D eigenvalue weighted by Gasteiger charge is 2.33. The van der Waals surface area contributed by atoms with Gasteiger partial charge in [0.05, 0.1) is 30.0 Å². The second-order valence-corrected chi connectivity index (χ2v) is 7.00. The van der Waals surface area contributed by atoms with Crippen molar-refractivity contribution in [2.24, 2.45) is 0 Å². The van der Waals surface area contributed by atoms with E-state index < -0.39 is 5.51 Å². The average molecular weight is 457 g/mol. The highest BCUT2D eigenvalue weighted by atomic mass is 79.9. The largest absolute Gasteiger partial charge is 0.494 e. The number of thioether (sulfide) groups is 1. The standard InChI is InChI=1S/C17H12BrF3N4OS/c1-26-14-6-8-22-10-13(14)23-7-2-5-12-16(27-17(19,20)21)25-9-3-4-11(18)15(25)24-12/h3-4,6,8-10,23H,7H2,1H3. The molecule has 0 spiro atoms. The van der Waals surface area contributed by atoms with Crippen molar-refractivity contribution in [2.75, 3.05) is 19.0 Å². The number of aromatic nitrogens is 3. The van der Waals surface area contributed by atoms with Crippen molar-refractivity contribution in [1.82, 2.24) is 14.4 Å². The molecule has 1 N–H and O–H groups in total. The van der Waals surface area contributed by atoms with Gasteiger partial charge in [0.15, 0.2) is 5.65 Å². The molecule has 3 aromatic rings. The van der Waals surface area contributed by atoms with Crippen molar-refractivity contribution in [3.63, 3.8) is 0 Å². The second-order valence-electron chi connectivity index (χ2n) is 5.09. The zero-order valence-corrected chi connectivity index (χ0v) is 16.2. The van der Waals surface area contributed by atoms with Crippen LogP contribution in [0.3, 0.4) is 0 Å². The van der Waals surface area contributed by atoms with Crippen LogP contribution < -0.4 is 10.1 Å². The predicted molar refractivity (Wildman–Crippen MR) is 101 cm³/mol. The van der Waals surface area contributed by atoms with Crippen molar-refractivity contribution in [3.05, 3.63) is 47.0 Å². The number of imidazole rings is 1. The minimum absolute atomic E-state index is 0.0594. The van der Waals surface area contributed by atoms with Crippen molar-refractivity contribution in [3.8, 4) is 17.6 Å². The van der Waals surface area contributed by atoms with Gasteiger partial charge in [0.2, 0.25) is 0 Å². The molecule has 0 aliphatic rings. The van der Waals surface area contributed by atoms with E-state index in [1.165, 1.54) is 17.7 Å². The van der Waals surface area contributed by atoms with E-state index in [1.807, 2.05) is 0 Å². The summed E-state index contributed by atoms with van der Waals surface area (Å²) in [7, 11) is 1.53. The van der Waals surface area contributed by atoms with Crippen LogP contribution in [0, 0.1) is 11.8 Å². The van der Waals surface area contributed by atoms with Crippen LogP contribution in [0.1, 0.15) is 5.69 Å². The van der Waals surface area contributed by atoms with E-state index in [0.29, 0.717) is 21.6 Å². The number of alkyl halides is 3. The molecule has 0 amide bonds. The zero-order valence-electron chi connectivity index (χ0n) is 13.8. The van der Waals surface area contributed by atoms with E-state index in [-0.39, 0.29) is 29.0 Å². The Kier molecular flexibility index (Phi) is 5.82. The number of hydrogen-bond acceptors (Lipinski definition) is 5. The summed E-state index contributed by atoms with van der Waals surface area (Å²) in [5, 5.41) is 2.93. The van der Waals surface area contributed by atoms with Gasteiger partial charge in [0.25, 0.3) is 0 Å². The van der Waals surface area contributed by atoms with Crippen LogP contribution in [0.5, 0.6) is 5.75 Å². The second kappa shape index (κ2) is 8.10. The molecule has 0 atom stereocenters. The average Bonchev–Trinajstić information content (AvgIpc) is 2.96. The number of anilines is 1. The van der Waals surface area contributed by atoms with Crippen LogP contribution in [0.4, 0.5) is 18.9 Å². The van der Waals surface area contributed by atoms with Gasteiger partial charge < -0.3 is 10.1 Å². The quantitative estimate of drug-likeness (QED) is 0.460. The van der Waals surface area contributed by atoms with Gasteiger partial charge >= 0.3 is 5.51 Å². The molecule has 0 fully saturated rings. The lowest BCUT2D eigenvalue weighted by atomic mass is 10.3. The molecule has 0 aliphatic heterocycles. The van der Waals surface area contributed by atoms with Crippen LogP contribution in [0.25, 0.3) is 5.65 Å². The first-order valence-corrected chi connectivity index (χ1v) is 9.13. The lowest BCUT2D eigenvalue weighted by Gasteiger charge is -2.07. The molecule has 0 aromatic carbocycles. The summed E-state index contributed by atoms with van der Waals surface area (Å²) < 4.78 is 46.0. The summed E-state index contributed by atoms with van der Waals surface area (Å²) >= 11 is 3.06. The SMILES string of the molecule is COc1ccncc1NCC#Cc1nc2c(Br)cccn2c1SC(F)(F)F. The molecule has 0 unspecified atom stereocenters. The topological polar surface area (TPSA) is 51.5 Å². The summed E-state index contributed by atoms with van der Waals surface area (Å²) in [4.78, 5) is 8.21. The summed E-state index contributed by atoms with van der Waals surface area (Å²) in [5.41, 5.74) is -3.38. The normalized spacial score (nSPS) is 11.1. The molecule has 10 heteroatoms. The highest BCUT2D eigenvalue weighted by Crippen LogP contribution is 2.39. The predicted octanol–water partition coefficient (Wildman–Crippen LogP) is 4.58. The maximum absolute atomic E-state index is 12.9. The molecule has 3 aromatic heterocycles. The van der Waals surface area contributed by atoms with Gasteiger partial charge in [-0.3, -0.25) is 9.38 Å². The Morgan fingerprint density at radius 2 is 2.19 bits per heavy atom. The number of pyridine rings is 2. The fourth-order valence-corrected chi connectivity index (χ4v) is 3.35. The van der Waals surface area contributed by atoms with Crippen LogP contribution in [0.2, 0.25) is 0 Å². The van der Waals surface area contributed by atoms with Crippen LogP contribution in [-0.2, 0) is 0 Å². The lowest BCUT2D eigenvalue weighted by Crippen LogP contribution is -2.03. The fourth-order valence-electron chi connectivity index (χ4n) is 2.26. The Labute approximate surface area is 165 Å². The maximum Gasteiger partial charge on any atom is 0.447 e. The lowest BCUT2D eigenvalue weighted by molar-refractivity contribution is -0.0329. The van der Waals surface area contributed by atoms with Gasteiger partial charge in [-0.2, -0.15) is 13.2 Å². The molecule has 0 saturated heterocycles. The van der Waals surface area contributed by atoms with E-state index in [2.05, 4.69) is 43.1 Å². The van der Waals surface area contributed by atoms with Gasteiger partial charge in [0.1, 0.15) is 16.5 Å². The molecule has 5 nitrogen and oxygen atoms in total. The number of fused-ring (bicyclic) bond motifs is 1. The van der Waals surface area contributed by atoms with Crippen LogP contribution in [0.15, 0.2) is 46.3 Å². The first-order valence-electron chi connectivity index (χ1n) is 7.52. The van der Waals surface area contributed by atoms with E-state index in [1.54, 1.807) is 30.6 Å². The van der Waals surface area contributed by atoms with E-state index in [9.17, 15) is 13.2 Å². The first-order chi connectivity index (χ1) is 12.9. The van der Waals surface area contributed by atoms with Gasteiger partial charge in [-0.15, -0.1) is 0 Å². The Bertz CT molecular complexity index is 1030. The Hall–Kier alpha value is -2.38. The van der Waals surface area contributed by atoms with E-state index in [0.717, 1.165) is 0 Å². The Balaban J connectivity index is 1.87. The Morgan fingerprint density at radius 1 is 1.37 bits per heavy atom. The van der Waals surface area contributed by atoms with Crippen molar-refractivity contribution < 1.29 is 17.9 Å². The third-order valence-corrected chi connectivity index (χ3v) is 4.78. The fraction of sp³-hybridized carbons (Fsp3) is 0.176. The van der Waals surface area contributed by atoms with Crippen molar-refractivity contribution in [1.29, 1.82) is 0 Å². The molecule has 0 radical (unpaired) electrons. The molecule has 0 saturated carbocycles. The van der Waals surface area contributed by atoms with Gasteiger partial charge in [-0.1, -0.05) is 5.92 Å². The molecular weight excluding hydrogens is 445 g/mol. The van der Waals surface area contributed by atoms with E-state index >= 15 is 0 Å². The summed E-state index contributed by atoms with van der Waals surface area (Å²) in [6, 6.07) is 5.03. The molecular formula is C17H12BrF3N4OS. The molecule has 27 heavy (non-hydrogen) atoms. The number of ether oxygens (including phenoxy) is 1. The first kappa shape index (κ1) is 19.4. The number of rotatable bonds is 4. The highest BCUT2D eigenvalue weighted by molar-refractivity contribution is 9.10. The molecule has 3 rings (SSSR count). The van der Waals surface area contributed by atoms with Crippen molar-refractivity contribution >= 4 is 39.0 Å². The zero-order chi connectivity index (χ0) is 19.4. The number of nitrogens with one attached hydrogen (secondary N) is 1.